The molecule has 0 radical (unpaired) electrons. The second-order valence-electron chi connectivity index (χ2n) is 5.24. The molecule has 5 heteroatoms. The fraction of sp³-hybridized carbons (Fsp3) is 0.412. The predicted molar refractivity (Wildman–Crippen MR) is 85.7 cm³/mol. The molecule has 2 aromatic rings. The van der Waals surface area contributed by atoms with Crippen LogP contribution in [0.15, 0.2) is 36.7 Å². The van der Waals surface area contributed by atoms with E-state index in [1.165, 1.54) is 0 Å². The van der Waals surface area contributed by atoms with Crippen LogP contribution in [0.2, 0.25) is 0 Å². The van der Waals surface area contributed by atoms with Crippen molar-refractivity contribution in [2.24, 2.45) is 7.05 Å². The molecule has 0 saturated carbocycles. The van der Waals surface area contributed by atoms with Crippen molar-refractivity contribution < 1.29 is 9.53 Å². The van der Waals surface area contributed by atoms with Crippen LogP contribution in [0.5, 0.6) is 5.75 Å². The van der Waals surface area contributed by atoms with E-state index >= 15 is 0 Å². The Labute approximate surface area is 131 Å². The first-order chi connectivity index (χ1) is 10.7. The van der Waals surface area contributed by atoms with E-state index in [-0.39, 0.29) is 11.9 Å². The molecule has 0 aliphatic rings. The maximum atomic E-state index is 12.2. The molecule has 0 bridgehead atoms. The average Bonchev–Trinajstić information content (AvgIpc) is 2.96. The van der Waals surface area contributed by atoms with Crippen molar-refractivity contribution in [3.63, 3.8) is 0 Å². The summed E-state index contributed by atoms with van der Waals surface area (Å²) < 4.78 is 7.35. The molecule has 22 heavy (non-hydrogen) atoms. The number of amides is 1. The van der Waals surface area contributed by atoms with Gasteiger partial charge in [-0.15, -0.1) is 0 Å². The molecule has 1 aromatic heterocycles. The Hall–Kier alpha value is -2.30. The molecule has 1 atom stereocenters. The van der Waals surface area contributed by atoms with Crippen LogP contribution >= 0.6 is 0 Å². The molecule has 2 rings (SSSR count). The van der Waals surface area contributed by atoms with Gasteiger partial charge in [-0.3, -0.25) is 4.79 Å². The first-order valence-corrected chi connectivity index (χ1v) is 7.56. The molecule has 1 N–H and O–H groups in total. The standard InChI is InChI=1S/C17H23N3O2/c1-4-5-10-15(21)19-16(17-18-11-12-20(17)2)13-8-6-7-9-14(13)22-3/h6-9,11-12,16H,4-5,10H2,1-3H3,(H,19,21)/t16-/m0/s1. The molecule has 0 unspecified atom stereocenters. The van der Waals surface area contributed by atoms with Crippen LogP contribution < -0.4 is 10.1 Å². The number of methoxy groups -OCH3 is 1. The summed E-state index contributed by atoms with van der Waals surface area (Å²) in [4.78, 5) is 16.6. The molecule has 1 aromatic carbocycles. The SMILES string of the molecule is CCCCC(=O)N[C@@H](c1ccccc1OC)c1nccn1C. The van der Waals surface area contributed by atoms with Gasteiger partial charge in [0.1, 0.15) is 17.6 Å². The molecule has 0 saturated heterocycles. The fourth-order valence-corrected chi connectivity index (χ4v) is 2.41. The number of hydrogen-bond donors (Lipinski definition) is 1. The molecule has 0 aliphatic heterocycles. The van der Waals surface area contributed by atoms with E-state index < -0.39 is 0 Å². The van der Waals surface area contributed by atoms with Crippen LogP contribution in [-0.2, 0) is 11.8 Å². The highest BCUT2D eigenvalue weighted by Crippen LogP contribution is 2.29. The molecule has 0 fully saturated rings. The highest BCUT2D eigenvalue weighted by molar-refractivity contribution is 5.77. The summed E-state index contributed by atoms with van der Waals surface area (Å²) >= 11 is 0. The minimum absolute atomic E-state index is 0.0285. The maximum Gasteiger partial charge on any atom is 0.220 e. The van der Waals surface area contributed by atoms with Crippen molar-refractivity contribution in [2.45, 2.75) is 32.2 Å². The molecule has 5 nitrogen and oxygen atoms in total. The van der Waals surface area contributed by atoms with Gasteiger partial charge in [0.25, 0.3) is 0 Å². The normalized spacial score (nSPS) is 12.0. The summed E-state index contributed by atoms with van der Waals surface area (Å²) in [6.07, 6.45) is 6.00. The van der Waals surface area contributed by atoms with E-state index in [0.29, 0.717) is 6.42 Å². The first kappa shape index (κ1) is 16.1. The van der Waals surface area contributed by atoms with E-state index in [0.717, 1.165) is 30.0 Å². The second-order valence-corrected chi connectivity index (χ2v) is 5.24. The van der Waals surface area contributed by atoms with Crippen LogP contribution in [0.25, 0.3) is 0 Å². The number of unbranched alkanes of at least 4 members (excludes halogenated alkanes) is 1. The van der Waals surface area contributed by atoms with Gasteiger partial charge < -0.3 is 14.6 Å². The van der Waals surface area contributed by atoms with Crippen molar-refractivity contribution in [3.05, 3.63) is 48.0 Å². The van der Waals surface area contributed by atoms with Crippen LogP contribution in [0.3, 0.4) is 0 Å². The number of imidazole rings is 1. The zero-order valence-electron chi connectivity index (χ0n) is 13.4. The van der Waals surface area contributed by atoms with Gasteiger partial charge in [-0.1, -0.05) is 31.5 Å². The Morgan fingerprint density at radius 3 is 2.82 bits per heavy atom. The number of aryl methyl sites for hydroxylation is 1. The number of para-hydroxylation sites is 1. The summed E-state index contributed by atoms with van der Waals surface area (Å²) in [7, 11) is 3.55. The summed E-state index contributed by atoms with van der Waals surface area (Å²) in [6.45, 7) is 2.07. The first-order valence-electron chi connectivity index (χ1n) is 7.56. The van der Waals surface area contributed by atoms with Crippen LogP contribution in [0, 0.1) is 0 Å². The van der Waals surface area contributed by atoms with Gasteiger partial charge in [0, 0.05) is 31.4 Å². The molecule has 1 heterocycles. The van der Waals surface area contributed by atoms with E-state index in [1.54, 1.807) is 13.3 Å². The Balaban J connectivity index is 2.34. The smallest absolute Gasteiger partial charge is 0.220 e. The minimum Gasteiger partial charge on any atom is -0.496 e. The average molecular weight is 301 g/mol. The number of carbonyl (C=O) groups is 1. The number of hydrogen-bond acceptors (Lipinski definition) is 3. The van der Waals surface area contributed by atoms with Crippen molar-refractivity contribution in [3.8, 4) is 5.75 Å². The Kier molecular flexibility index (Phi) is 5.58. The Bertz CT molecular complexity index is 622. The van der Waals surface area contributed by atoms with E-state index in [9.17, 15) is 4.79 Å². The number of ether oxygens (including phenoxy) is 1. The van der Waals surface area contributed by atoms with Gasteiger partial charge in [-0.05, 0) is 12.5 Å². The number of nitrogens with zero attached hydrogens (tertiary/aromatic N) is 2. The third kappa shape index (κ3) is 3.67. The van der Waals surface area contributed by atoms with Crippen LogP contribution in [-0.4, -0.2) is 22.6 Å². The fourth-order valence-electron chi connectivity index (χ4n) is 2.41. The lowest BCUT2D eigenvalue weighted by atomic mass is 10.0. The molecular weight excluding hydrogens is 278 g/mol. The third-order valence-corrected chi connectivity index (χ3v) is 3.63. The zero-order chi connectivity index (χ0) is 15.9. The van der Waals surface area contributed by atoms with Gasteiger partial charge in [-0.25, -0.2) is 4.98 Å². The number of carbonyl (C=O) groups excluding carboxylic acids is 1. The third-order valence-electron chi connectivity index (χ3n) is 3.63. The van der Waals surface area contributed by atoms with Crippen LogP contribution in [0.1, 0.15) is 43.6 Å². The van der Waals surface area contributed by atoms with Gasteiger partial charge in [0.2, 0.25) is 5.91 Å². The maximum absolute atomic E-state index is 12.2. The van der Waals surface area contributed by atoms with Gasteiger partial charge in [0.05, 0.1) is 7.11 Å². The van der Waals surface area contributed by atoms with Crippen molar-refractivity contribution in [2.75, 3.05) is 7.11 Å². The molecule has 0 aliphatic carbocycles. The minimum atomic E-state index is -0.319. The quantitative estimate of drug-likeness (QED) is 0.855. The molecule has 1 amide bonds. The Morgan fingerprint density at radius 1 is 1.41 bits per heavy atom. The van der Waals surface area contributed by atoms with Crippen molar-refractivity contribution in [1.29, 1.82) is 0 Å². The van der Waals surface area contributed by atoms with Crippen molar-refractivity contribution >= 4 is 5.91 Å². The largest absolute Gasteiger partial charge is 0.496 e. The monoisotopic (exact) mass is 301 g/mol. The summed E-state index contributed by atoms with van der Waals surface area (Å²) in [5, 5.41) is 3.08. The summed E-state index contributed by atoms with van der Waals surface area (Å²) in [6, 6.07) is 7.38. The van der Waals surface area contributed by atoms with Gasteiger partial charge in [0.15, 0.2) is 0 Å². The van der Waals surface area contributed by atoms with Gasteiger partial charge >= 0.3 is 0 Å². The topological polar surface area (TPSA) is 56.1 Å². The van der Waals surface area contributed by atoms with Crippen LogP contribution in [0.4, 0.5) is 0 Å². The summed E-state index contributed by atoms with van der Waals surface area (Å²) in [5.41, 5.74) is 0.907. The molecular formula is C17H23N3O2. The number of nitrogens with one attached hydrogen (secondary N) is 1. The lowest BCUT2D eigenvalue weighted by Crippen LogP contribution is -2.31. The zero-order valence-corrected chi connectivity index (χ0v) is 13.4. The highest BCUT2D eigenvalue weighted by atomic mass is 16.5. The second kappa shape index (κ2) is 7.64. The molecule has 0 spiro atoms. The number of rotatable bonds is 7. The Morgan fingerprint density at radius 2 is 2.18 bits per heavy atom. The summed E-state index contributed by atoms with van der Waals surface area (Å²) in [5.74, 6) is 1.56. The highest BCUT2D eigenvalue weighted by Gasteiger charge is 2.23. The van der Waals surface area contributed by atoms with E-state index in [4.69, 9.17) is 4.74 Å². The van der Waals surface area contributed by atoms with E-state index in [1.807, 2.05) is 42.1 Å². The molecule has 118 valence electrons. The lowest BCUT2D eigenvalue weighted by molar-refractivity contribution is -0.121. The van der Waals surface area contributed by atoms with Crippen molar-refractivity contribution in [1.82, 2.24) is 14.9 Å². The van der Waals surface area contributed by atoms with E-state index in [2.05, 4.69) is 17.2 Å². The predicted octanol–water partition coefficient (Wildman–Crippen LogP) is 2.82. The lowest BCUT2D eigenvalue weighted by Gasteiger charge is -2.21. The van der Waals surface area contributed by atoms with Gasteiger partial charge in [-0.2, -0.15) is 0 Å². The number of aromatic nitrogens is 2. The number of benzene rings is 1.